The van der Waals surface area contributed by atoms with Crippen molar-refractivity contribution in [3.05, 3.63) is 70.5 Å². The van der Waals surface area contributed by atoms with Gasteiger partial charge in [-0.2, -0.15) is 5.10 Å². The van der Waals surface area contributed by atoms with Gasteiger partial charge in [0.15, 0.2) is 0 Å². The van der Waals surface area contributed by atoms with E-state index in [0.717, 1.165) is 11.3 Å². The molecule has 0 fully saturated rings. The van der Waals surface area contributed by atoms with Crippen molar-refractivity contribution >= 4 is 11.5 Å². The summed E-state index contributed by atoms with van der Waals surface area (Å²) in [5, 5.41) is 14.3. The van der Waals surface area contributed by atoms with E-state index < -0.39 is 5.97 Å². The van der Waals surface area contributed by atoms with Crippen LogP contribution in [0.4, 0.5) is 0 Å². The van der Waals surface area contributed by atoms with Gasteiger partial charge in [-0.05, 0) is 24.5 Å². The van der Waals surface area contributed by atoms with E-state index in [4.69, 9.17) is 4.74 Å². The van der Waals surface area contributed by atoms with Gasteiger partial charge in [0.2, 0.25) is 0 Å². The number of hydrogen-bond donors (Lipinski definition) is 1. The number of aliphatic hydroxyl groups is 1. The summed E-state index contributed by atoms with van der Waals surface area (Å²) < 4.78 is 7.26. The molecule has 0 spiro atoms. The Morgan fingerprint density at radius 2 is 1.92 bits per heavy atom. The molecule has 1 aromatic carbocycles. The summed E-state index contributed by atoms with van der Waals surface area (Å²) in [6.45, 7) is 5.94. The lowest BCUT2D eigenvalue weighted by Crippen LogP contribution is -2.09. The minimum Gasteiger partial charge on any atom is -0.457 e. The molecule has 130 valence electrons. The molecule has 0 bridgehead atoms. The Bertz CT molecular complexity index is 898. The Morgan fingerprint density at radius 3 is 2.56 bits per heavy atom. The molecule has 0 aliphatic rings. The minimum atomic E-state index is -0.414. The summed E-state index contributed by atoms with van der Waals surface area (Å²) in [5.41, 5.74) is 4.25. The Morgan fingerprint density at radius 1 is 1.20 bits per heavy atom. The first-order chi connectivity index (χ1) is 12.0. The Hall–Kier alpha value is -2.66. The van der Waals surface area contributed by atoms with E-state index in [9.17, 15) is 9.90 Å². The molecule has 0 saturated carbocycles. The normalized spacial score (nSPS) is 11.2. The zero-order valence-corrected chi connectivity index (χ0v) is 14.7. The molecular formula is C20H22N2O3. The summed E-state index contributed by atoms with van der Waals surface area (Å²) in [6.07, 6.45) is 0. The molecule has 0 radical (unpaired) electrons. The van der Waals surface area contributed by atoms with Crippen molar-refractivity contribution in [3.63, 3.8) is 0 Å². The molecule has 2 heterocycles. The van der Waals surface area contributed by atoms with Crippen LogP contribution >= 0.6 is 0 Å². The van der Waals surface area contributed by atoms with Crippen LogP contribution in [0.1, 0.15) is 52.6 Å². The van der Waals surface area contributed by atoms with Gasteiger partial charge >= 0.3 is 5.97 Å². The molecule has 3 aromatic rings. The number of aliphatic hydroxyl groups excluding tert-OH is 1. The summed E-state index contributed by atoms with van der Waals surface area (Å²) in [4.78, 5) is 12.8. The summed E-state index contributed by atoms with van der Waals surface area (Å²) >= 11 is 0. The molecular weight excluding hydrogens is 316 g/mol. The second-order valence-corrected chi connectivity index (χ2v) is 6.40. The van der Waals surface area contributed by atoms with Crippen LogP contribution in [0.2, 0.25) is 0 Å². The van der Waals surface area contributed by atoms with E-state index in [1.54, 1.807) is 4.52 Å². The standard InChI is InChI=1S/C20H22N2O3/c1-13(2)18-17(20(24)25-12-15-7-5-4-6-8-15)19-16(11-23)10-9-14(3)22(19)21-18/h4-10,13,23H,11-12H2,1-3H3. The summed E-state index contributed by atoms with van der Waals surface area (Å²) in [6, 6.07) is 13.3. The topological polar surface area (TPSA) is 63.8 Å². The third-order valence-electron chi connectivity index (χ3n) is 4.21. The highest BCUT2D eigenvalue weighted by molar-refractivity contribution is 5.99. The predicted molar refractivity (Wildman–Crippen MR) is 95.5 cm³/mol. The lowest BCUT2D eigenvalue weighted by Gasteiger charge is -2.09. The number of carbonyl (C=O) groups is 1. The molecule has 5 heteroatoms. The second kappa shape index (κ2) is 7.07. The molecule has 25 heavy (non-hydrogen) atoms. The lowest BCUT2D eigenvalue weighted by atomic mass is 10.0. The highest BCUT2D eigenvalue weighted by atomic mass is 16.5. The van der Waals surface area contributed by atoms with Gasteiger partial charge in [0.25, 0.3) is 0 Å². The number of nitrogens with zero attached hydrogens (tertiary/aromatic N) is 2. The van der Waals surface area contributed by atoms with E-state index in [-0.39, 0.29) is 19.1 Å². The van der Waals surface area contributed by atoms with Gasteiger partial charge in [-0.15, -0.1) is 0 Å². The number of fused-ring (bicyclic) bond motifs is 1. The van der Waals surface area contributed by atoms with Gasteiger partial charge in [-0.25, -0.2) is 9.31 Å². The number of hydrogen-bond acceptors (Lipinski definition) is 4. The van der Waals surface area contributed by atoms with Crippen molar-refractivity contribution < 1.29 is 14.6 Å². The molecule has 0 aliphatic heterocycles. The van der Waals surface area contributed by atoms with Crippen LogP contribution in [-0.4, -0.2) is 20.7 Å². The first kappa shape index (κ1) is 17.2. The predicted octanol–water partition coefficient (Wildman–Crippen LogP) is 3.62. The van der Waals surface area contributed by atoms with Gasteiger partial charge in [-0.1, -0.05) is 50.2 Å². The number of aromatic nitrogens is 2. The average Bonchev–Trinajstić information content (AvgIpc) is 3.03. The van der Waals surface area contributed by atoms with E-state index in [0.29, 0.717) is 22.3 Å². The molecule has 5 nitrogen and oxygen atoms in total. The largest absolute Gasteiger partial charge is 0.457 e. The number of carbonyl (C=O) groups excluding carboxylic acids is 1. The van der Waals surface area contributed by atoms with Gasteiger partial charge < -0.3 is 9.84 Å². The molecule has 3 rings (SSSR count). The SMILES string of the molecule is Cc1ccc(CO)c2c(C(=O)OCc3ccccc3)c(C(C)C)nn12. The van der Waals surface area contributed by atoms with E-state index in [2.05, 4.69) is 5.10 Å². The van der Waals surface area contributed by atoms with Gasteiger partial charge in [0, 0.05) is 11.3 Å². The van der Waals surface area contributed by atoms with Gasteiger partial charge in [-0.3, -0.25) is 0 Å². The Labute approximate surface area is 146 Å². The van der Waals surface area contributed by atoms with Crippen molar-refractivity contribution in [1.29, 1.82) is 0 Å². The van der Waals surface area contributed by atoms with E-state index in [1.165, 1.54) is 0 Å². The number of pyridine rings is 1. The zero-order valence-electron chi connectivity index (χ0n) is 14.7. The highest BCUT2D eigenvalue weighted by Crippen LogP contribution is 2.27. The van der Waals surface area contributed by atoms with Crippen LogP contribution in [0.3, 0.4) is 0 Å². The van der Waals surface area contributed by atoms with Crippen LogP contribution in [-0.2, 0) is 18.0 Å². The first-order valence-electron chi connectivity index (χ1n) is 8.36. The fourth-order valence-corrected chi connectivity index (χ4v) is 2.89. The molecule has 2 aromatic heterocycles. The maximum absolute atomic E-state index is 12.8. The fourth-order valence-electron chi connectivity index (χ4n) is 2.89. The molecule has 0 atom stereocenters. The van der Waals surface area contributed by atoms with Crippen molar-refractivity contribution in [3.8, 4) is 0 Å². The second-order valence-electron chi connectivity index (χ2n) is 6.40. The Balaban J connectivity index is 2.05. The Kier molecular flexibility index (Phi) is 4.86. The first-order valence-corrected chi connectivity index (χ1v) is 8.36. The third-order valence-corrected chi connectivity index (χ3v) is 4.21. The maximum Gasteiger partial charge on any atom is 0.342 e. The summed E-state index contributed by atoms with van der Waals surface area (Å²) in [7, 11) is 0. The van der Waals surface area contributed by atoms with Gasteiger partial charge in [0.05, 0.1) is 17.8 Å². The van der Waals surface area contributed by atoms with Crippen LogP contribution in [0.15, 0.2) is 42.5 Å². The monoisotopic (exact) mass is 338 g/mol. The molecule has 0 unspecified atom stereocenters. The van der Waals surface area contributed by atoms with Crippen molar-refractivity contribution in [2.75, 3.05) is 0 Å². The van der Waals surface area contributed by atoms with Crippen LogP contribution in [0.5, 0.6) is 0 Å². The number of esters is 1. The van der Waals surface area contributed by atoms with E-state index in [1.807, 2.05) is 63.2 Å². The van der Waals surface area contributed by atoms with Crippen LogP contribution < -0.4 is 0 Å². The zero-order chi connectivity index (χ0) is 18.0. The maximum atomic E-state index is 12.8. The quantitative estimate of drug-likeness (QED) is 0.722. The number of rotatable bonds is 5. The highest BCUT2D eigenvalue weighted by Gasteiger charge is 2.25. The molecule has 0 aliphatic carbocycles. The molecule has 1 N–H and O–H groups in total. The lowest BCUT2D eigenvalue weighted by molar-refractivity contribution is 0.0473. The number of ether oxygens (including phenoxy) is 1. The fraction of sp³-hybridized carbons (Fsp3) is 0.300. The third kappa shape index (κ3) is 3.28. The smallest absolute Gasteiger partial charge is 0.342 e. The van der Waals surface area contributed by atoms with Crippen molar-refractivity contribution in [2.24, 2.45) is 0 Å². The number of aryl methyl sites for hydroxylation is 1. The van der Waals surface area contributed by atoms with Crippen LogP contribution in [0, 0.1) is 6.92 Å². The molecule has 0 saturated heterocycles. The van der Waals surface area contributed by atoms with E-state index >= 15 is 0 Å². The number of benzene rings is 1. The minimum absolute atomic E-state index is 0.0603. The molecule has 0 amide bonds. The van der Waals surface area contributed by atoms with Crippen molar-refractivity contribution in [1.82, 2.24) is 9.61 Å². The van der Waals surface area contributed by atoms with Gasteiger partial charge in [0.1, 0.15) is 12.2 Å². The van der Waals surface area contributed by atoms with Crippen LogP contribution in [0.25, 0.3) is 5.52 Å². The average molecular weight is 338 g/mol. The summed E-state index contributed by atoms with van der Waals surface area (Å²) in [5.74, 6) is -0.354. The van der Waals surface area contributed by atoms with Crippen molar-refractivity contribution in [2.45, 2.75) is 39.9 Å².